The highest BCUT2D eigenvalue weighted by molar-refractivity contribution is 6.32. The second-order valence-corrected chi connectivity index (χ2v) is 7.82. The van der Waals surface area contributed by atoms with Gasteiger partial charge in [0.1, 0.15) is 18.1 Å². The van der Waals surface area contributed by atoms with Gasteiger partial charge in [0.2, 0.25) is 0 Å². The maximum Gasteiger partial charge on any atom is 0.255 e. The van der Waals surface area contributed by atoms with Crippen LogP contribution in [0.25, 0.3) is 0 Å². The van der Waals surface area contributed by atoms with Crippen LogP contribution in [0.3, 0.4) is 0 Å². The van der Waals surface area contributed by atoms with E-state index in [0.717, 1.165) is 17.7 Å². The fourth-order valence-electron chi connectivity index (χ4n) is 3.19. The molecule has 4 rings (SSSR count). The van der Waals surface area contributed by atoms with Crippen molar-refractivity contribution in [1.82, 2.24) is 9.78 Å². The van der Waals surface area contributed by atoms with E-state index in [9.17, 15) is 4.79 Å². The summed E-state index contributed by atoms with van der Waals surface area (Å²) >= 11 is 6.13. The molecule has 3 aromatic carbocycles. The fraction of sp³-hybridized carbons (Fsp3) is 0.154. The molecule has 1 N–H and O–H groups in total. The van der Waals surface area contributed by atoms with Crippen molar-refractivity contribution < 1.29 is 14.3 Å². The van der Waals surface area contributed by atoms with Crippen molar-refractivity contribution in [1.29, 1.82) is 0 Å². The van der Waals surface area contributed by atoms with Gasteiger partial charge in [-0.25, -0.2) is 4.68 Å². The van der Waals surface area contributed by atoms with E-state index in [1.165, 1.54) is 5.56 Å². The lowest BCUT2D eigenvalue weighted by atomic mass is 10.1. The normalized spacial score (nSPS) is 10.6. The van der Waals surface area contributed by atoms with Crippen molar-refractivity contribution in [2.45, 2.75) is 26.7 Å². The Balaban J connectivity index is 1.32. The largest absolute Gasteiger partial charge is 0.487 e. The van der Waals surface area contributed by atoms with Crippen LogP contribution in [0.4, 0.5) is 5.69 Å². The first-order valence-electron chi connectivity index (χ1n) is 10.6. The fourth-order valence-corrected chi connectivity index (χ4v) is 3.38. The van der Waals surface area contributed by atoms with Gasteiger partial charge in [-0.15, -0.1) is 0 Å². The van der Waals surface area contributed by atoms with Crippen molar-refractivity contribution in [3.8, 4) is 11.5 Å². The molecular weight excluding hydrogens is 438 g/mol. The number of aryl methyl sites for hydroxylation is 1. The third-order valence-electron chi connectivity index (χ3n) is 5.01. The Bertz CT molecular complexity index is 1220. The average molecular weight is 462 g/mol. The van der Waals surface area contributed by atoms with Crippen molar-refractivity contribution in [3.63, 3.8) is 0 Å². The first kappa shape index (κ1) is 22.4. The molecule has 6 nitrogen and oxygen atoms in total. The maximum absolute atomic E-state index is 12.7. The zero-order chi connectivity index (χ0) is 23.0. The van der Waals surface area contributed by atoms with Crippen LogP contribution in [0.5, 0.6) is 11.5 Å². The van der Waals surface area contributed by atoms with Gasteiger partial charge in [0, 0.05) is 5.56 Å². The van der Waals surface area contributed by atoms with Crippen LogP contribution in [0.2, 0.25) is 5.02 Å². The molecule has 1 heterocycles. The minimum Gasteiger partial charge on any atom is -0.487 e. The second kappa shape index (κ2) is 10.7. The maximum atomic E-state index is 12.7. The van der Waals surface area contributed by atoms with Crippen LogP contribution in [0.15, 0.2) is 85.2 Å². The number of benzene rings is 3. The van der Waals surface area contributed by atoms with E-state index in [2.05, 4.69) is 17.3 Å². The SMILES string of the molecule is CCc1ccc(OCn2cc(NC(=O)c3cccc(COc4ccccc4Cl)c3)cn2)cc1. The number of aromatic nitrogens is 2. The molecule has 0 saturated heterocycles. The van der Waals surface area contributed by atoms with Gasteiger partial charge in [0.05, 0.1) is 23.1 Å². The molecule has 168 valence electrons. The van der Waals surface area contributed by atoms with E-state index < -0.39 is 0 Å². The Kier molecular flexibility index (Phi) is 7.27. The van der Waals surface area contributed by atoms with E-state index in [-0.39, 0.29) is 12.6 Å². The van der Waals surface area contributed by atoms with Gasteiger partial charge >= 0.3 is 0 Å². The zero-order valence-electron chi connectivity index (χ0n) is 18.2. The molecule has 0 aliphatic heterocycles. The summed E-state index contributed by atoms with van der Waals surface area (Å²) in [5.74, 6) is 1.14. The predicted octanol–water partition coefficient (Wildman–Crippen LogP) is 5.97. The lowest BCUT2D eigenvalue weighted by Gasteiger charge is -2.09. The summed E-state index contributed by atoms with van der Waals surface area (Å²) in [5.41, 5.74) is 3.23. The van der Waals surface area contributed by atoms with Gasteiger partial charge in [-0.05, 0) is 53.9 Å². The van der Waals surface area contributed by atoms with E-state index in [0.29, 0.717) is 28.6 Å². The summed E-state index contributed by atoms with van der Waals surface area (Å²) in [6, 6.07) is 22.5. The van der Waals surface area contributed by atoms with Crippen LogP contribution >= 0.6 is 11.6 Å². The summed E-state index contributed by atoms with van der Waals surface area (Å²) in [4.78, 5) is 12.7. The number of nitrogens with zero attached hydrogens (tertiary/aromatic N) is 2. The monoisotopic (exact) mass is 461 g/mol. The number of ether oxygens (including phenoxy) is 2. The molecule has 7 heteroatoms. The summed E-state index contributed by atoms with van der Waals surface area (Å²) in [6.45, 7) is 2.66. The molecule has 0 fully saturated rings. The smallest absolute Gasteiger partial charge is 0.255 e. The van der Waals surface area contributed by atoms with Gasteiger partial charge in [-0.2, -0.15) is 5.10 Å². The molecule has 0 saturated carbocycles. The van der Waals surface area contributed by atoms with E-state index >= 15 is 0 Å². The Labute approximate surface area is 197 Å². The van der Waals surface area contributed by atoms with Crippen LogP contribution in [-0.2, 0) is 19.8 Å². The van der Waals surface area contributed by atoms with Crippen LogP contribution < -0.4 is 14.8 Å². The Hall–Kier alpha value is -3.77. The highest BCUT2D eigenvalue weighted by Gasteiger charge is 2.09. The Morgan fingerprint density at radius 3 is 2.61 bits per heavy atom. The highest BCUT2D eigenvalue weighted by Crippen LogP contribution is 2.24. The molecule has 0 aliphatic carbocycles. The Morgan fingerprint density at radius 1 is 1.00 bits per heavy atom. The average Bonchev–Trinajstić information content (AvgIpc) is 3.30. The summed E-state index contributed by atoms with van der Waals surface area (Å²) < 4.78 is 13.1. The summed E-state index contributed by atoms with van der Waals surface area (Å²) in [5, 5.41) is 7.65. The molecule has 0 aliphatic rings. The van der Waals surface area contributed by atoms with Crippen molar-refractivity contribution >= 4 is 23.2 Å². The van der Waals surface area contributed by atoms with Crippen LogP contribution in [0.1, 0.15) is 28.4 Å². The molecular formula is C26H24ClN3O3. The first-order valence-corrected chi connectivity index (χ1v) is 11.0. The second-order valence-electron chi connectivity index (χ2n) is 7.41. The van der Waals surface area contributed by atoms with E-state index in [1.807, 2.05) is 48.5 Å². The van der Waals surface area contributed by atoms with Gasteiger partial charge in [0.15, 0.2) is 6.73 Å². The number of para-hydroxylation sites is 1. The van der Waals surface area contributed by atoms with E-state index in [4.69, 9.17) is 21.1 Å². The van der Waals surface area contributed by atoms with Crippen LogP contribution in [0, 0.1) is 0 Å². The molecule has 0 unspecified atom stereocenters. The number of hydrogen-bond donors (Lipinski definition) is 1. The van der Waals surface area contributed by atoms with Gasteiger partial charge < -0.3 is 14.8 Å². The Morgan fingerprint density at radius 2 is 1.82 bits per heavy atom. The predicted molar refractivity (Wildman–Crippen MR) is 129 cm³/mol. The topological polar surface area (TPSA) is 65.4 Å². The molecule has 0 radical (unpaired) electrons. The van der Waals surface area contributed by atoms with Gasteiger partial charge in [-0.1, -0.05) is 54.9 Å². The van der Waals surface area contributed by atoms with Gasteiger partial charge in [-0.3, -0.25) is 4.79 Å². The number of rotatable bonds is 9. The minimum absolute atomic E-state index is 0.231. The van der Waals surface area contributed by atoms with E-state index in [1.54, 1.807) is 41.3 Å². The molecule has 1 aromatic heterocycles. The third kappa shape index (κ3) is 6.14. The molecule has 0 bridgehead atoms. The molecule has 33 heavy (non-hydrogen) atoms. The number of carbonyl (C=O) groups excluding carboxylic acids is 1. The van der Waals surface area contributed by atoms with Gasteiger partial charge in [0.25, 0.3) is 5.91 Å². The lowest BCUT2D eigenvalue weighted by molar-refractivity contribution is 0.102. The molecule has 0 atom stereocenters. The number of carbonyl (C=O) groups is 1. The van der Waals surface area contributed by atoms with Crippen molar-refractivity contribution in [3.05, 3.63) is 107 Å². The highest BCUT2D eigenvalue weighted by atomic mass is 35.5. The number of hydrogen-bond acceptors (Lipinski definition) is 4. The summed E-state index contributed by atoms with van der Waals surface area (Å²) in [6.07, 6.45) is 4.30. The number of halogens is 1. The zero-order valence-corrected chi connectivity index (χ0v) is 19.0. The summed E-state index contributed by atoms with van der Waals surface area (Å²) in [7, 11) is 0. The quantitative estimate of drug-likeness (QED) is 0.333. The number of amides is 1. The molecule has 0 spiro atoms. The van der Waals surface area contributed by atoms with Crippen molar-refractivity contribution in [2.75, 3.05) is 5.32 Å². The lowest BCUT2D eigenvalue weighted by Crippen LogP contribution is -2.12. The van der Waals surface area contributed by atoms with Crippen molar-refractivity contribution in [2.24, 2.45) is 0 Å². The molecule has 1 amide bonds. The molecule has 4 aromatic rings. The van der Waals surface area contributed by atoms with Crippen LogP contribution in [-0.4, -0.2) is 15.7 Å². The standard InChI is InChI=1S/C26H24ClN3O3/c1-2-19-10-12-23(13-11-19)33-18-30-16-22(15-28-30)29-26(31)21-7-5-6-20(14-21)17-32-25-9-4-3-8-24(25)27/h3-16H,2,17-18H2,1H3,(H,29,31). The minimum atomic E-state index is -0.231. The third-order valence-corrected chi connectivity index (χ3v) is 5.32. The number of nitrogens with one attached hydrogen (secondary N) is 1. The first-order chi connectivity index (χ1) is 16.1. The number of anilines is 1.